The maximum atomic E-state index is 13.7. The highest BCUT2D eigenvalue weighted by atomic mass is 19.4. The van der Waals surface area contributed by atoms with E-state index in [0.29, 0.717) is 0 Å². The van der Waals surface area contributed by atoms with Crippen LogP contribution in [0.15, 0.2) is 48.6 Å². The highest BCUT2D eigenvalue weighted by Crippen LogP contribution is 2.40. The van der Waals surface area contributed by atoms with Crippen LogP contribution < -0.4 is 0 Å². The fraction of sp³-hybridized carbons (Fsp3) is 0.231. The molecule has 0 N–H and O–H groups in total. The number of rotatable bonds is 2. The van der Waals surface area contributed by atoms with Crippen LogP contribution in [0.5, 0.6) is 0 Å². The number of alkyl halides is 3. The van der Waals surface area contributed by atoms with Crippen LogP contribution in [0, 0.1) is 5.82 Å². The fourth-order valence-corrected chi connectivity index (χ4v) is 1.94. The van der Waals surface area contributed by atoms with E-state index in [2.05, 4.69) is 4.74 Å². The van der Waals surface area contributed by atoms with Gasteiger partial charge in [0.25, 0.3) is 0 Å². The lowest BCUT2D eigenvalue weighted by atomic mass is 9.87. The van der Waals surface area contributed by atoms with E-state index in [0.717, 1.165) is 6.07 Å². The fourth-order valence-electron chi connectivity index (χ4n) is 1.94. The Morgan fingerprint density at radius 1 is 1.11 bits per heavy atom. The summed E-state index contributed by atoms with van der Waals surface area (Å²) < 4.78 is 55.3. The summed E-state index contributed by atoms with van der Waals surface area (Å²) in [5.41, 5.74) is -1.94. The largest absolute Gasteiger partial charge is 0.523 e. The summed E-state index contributed by atoms with van der Waals surface area (Å²) in [6.45, 7) is 0. The summed E-state index contributed by atoms with van der Waals surface area (Å²) in [4.78, 5) is 0. The summed E-state index contributed by atoms with van der Waals surface area (Å²) in [6, 6.07) is 5.31. The molecular weight excluding hydrogens is 248 g/mol. The van der Waals surface area contributed by atoms with E-state index in [1.54, 1.807) is 6.08 Å². The predicted octanol–water partition coefficient (Wildman–Crippen LogP) is 4.07. The Bertz CT molecular complexity index is 490. The first kappa shape index (κ1) is 12.8. The predicted molar refractivity (Wildman–Crippen MR) is 58.1 cm³/mol. The lowest BCUT2D eigenvalue weighted by Crippen LogP contribution is -2.35. The van der Waals surface area contributed by atoms with E-state index in [4.69, 9.17) is 0 Å². The number of halogens is 4. The Morgan fingerprint density at radius 2 is 1.83 bits per heavy atom. The number of ether oxygens (including phenoxy) is 1. The first-order valence-electron chi connectivity index (χ1n) is 5.29. The van der Waals surface area contributed by atoms with Gasteiger partial charge in [-0.3, -0.25) is 4.74 Å². The number of hydrogen-bond donors (Lipinski definition) is 0. The van der Waals surface area contributed by atoms with E-state index < -0.39 is 17.8 Å². The van der Waals surface area contributed by atoms with Crippen LogP contribution in [0.1, 0.15) is 12.0 Å². The maximum absolute atomic E-state index is 13.7. The van der Waals surface area contributed by atoms with Gasteiger partial charge in [-0.2, -0.15) is 0 Å². The molecule has 1 nitrogen and oxygen atoms in total. The third-order valence-electron chi connectivity index (χ3n) is 2.66. The van der Waals surface area contributed by atoms with Crippen molar-refractivity contribution >= 4 is 0 Å². The molecule has 1 unspecified atom stereocenters. The number of hydrogen-bond acceptors (Lipinski definition) is 1. The molecule has 1 aliphatic rings. The summed E-state index contributed by atoms with van der Waals surface area (Å²) in [7, 11) is 0. The van der Waals surface area contributed by atoms with Crippen LogP contribution in [0.25, 0.3) is 0 Å². The van der Waals surface area contributed by atoms with Crippen molar-refractivity contribution in [2.75, 3.05) is 0 Å². The number of benzene rings is 1. The maximum Gasteiger partial charge on any atom is 0.523 e. The summed E-state index contributed by atoms with van der Waals surface area (Å²) in [6.07, 6.45) is 0.847. The van der Waals surface area contributed by atoms with E-state index in [-0.39, 0.29) is 12.0 Å². The highest BCUT2D eigenvalue weighted by molar-refractivity contribution is 5.33. The van der Waals surface area contributed by atoms with Gasteiger partial charge in [0.15, 0.2) is 0 Å². The molecule has 1 aromatic rings. The van der Waals surface area contributed by atoms with Gasteiger partial charge in [-0.1, -0.05) is 36.4 Å². The molecule has 0 saturated carbocycles. The minimum Gasteiger partial charge on any atom is -0.276 e. The van der Waals surface area contributed by atoms with Gasteiger partial charge in [0.2, 0.25) is 0 Å². The normalized spacial score (nSPS) is 23.3. The monoisotopic (exact) mass is 258 g/mol. The minimum atomic E-state index is -4.84. The average molecular weight is 258 g/mol. The molecule has 0 spiro atoms. The molecule has 1 aliphatic carbocycles. The molecule has 18 heavy (non-hydrogen) atoms. The van der Waals surface area contributed by atoms with Gasteiger partial charge in [-0.15, -0.1) is 13.2 Å². The third kappa shape index (κ3) is 2.61. The lowest BCUT2D eigenvalue weighted by Gasteiger charge is -2.32. The molecule has 0 heterocycles. The molecule has 1 atom stereocenters. The standard InChI is InChI=1S/C13H10F4O/c14-11-7-3-2-6-10(11)12(18-13(15,16)17)8-4-1-5-9-12/h1-8H,9H2. The van der Waals surface area contributed by atoms with Gasteiger partial charge in [-0.05, 0) is 12.1 Å². The second-order valence-corrected chi connectivity index (χ2v) is 3.91. The SMILES string of the molecule is Fc1ccccc1C1(OC(F)(F)F)C=CC=CC1. The van der Waals surface area contributed by atoms with Gasteiger partial charge >= 0.3 is 6.36 Å². The Morgan fingerprint density at radius 3 is 2.39 bits per heavy atom. The molecule has 2 rings (SSSR count). The average Bonchev–Trinajstić information content (AvgIpc) is 2.28. The zero-order chi connectivity index (χ0) is 13.2. The van der Waals surface area contributed by atoms with E-state index >= 15 is 0 Å². The molecular formula is C13H10F4O. The molecule has 0 aliphatic heterocycles. The first-order valence-corrected chi connectivity index (χ1v) is 5.29. The van der Waals surface area contributed by atoms with Crippen molar-refractivity contribution in [1.82, 2.24) is 0 Å². The molecule has 0 bridgehead atoms. The van der Waals surface area contributed by atoms with Crippen LogP contribution in [0.3, 0.4) is 0 Å². The van der Waals surface area contributed by atoms with Crippen LogP contribution >= 0.6 is 0 Å². The van der Waals surface area contributed by atoms with Crippen molar-refractivity contribution in [3.8, 4) is 0 Å². The topological polar surface area (TPSA) is 9.23 Å². The Hall–Kier alpha value is -1.62. The molecule has 1 aromatic carbocycles. The summed E-state index contributed by atoms with van der Waals surface area (Å²) >= 11 is 0. The lowest BCUT2D eigenvalue weighted by molar-refractivity contribution is -0.361. The van der Waals surface area contributed by atoms with Gasteiger partial charge in [0.1, 0.15) is 11.4 Å². The molecule has 5 heteroatoms. The minimum absolute atomic E-state index is 0.0655. The second kappa shape index (κ2) is 4.57. The summed E-state index contributed by atoms with van der Waals surface area (Å²) in [5.74, 6) is -0.721. The third-order valence-corrected chi connectivity index (χ3v) is 2.66. The number of allylic oxidation sites excluding steroid dienone is 2. The quantitative estimate of drug-likeness (QED) is 0.726. The van der Waals surface area contributed by atoms with E-state index in [1.807, 2.05) is 0 Å². The zero-order valence-electron chi connectivity index (χ0n) is 9.25. The van der Waals surface area contributed by atoms with Crippen LogP contribution in [-0.2, 0) is 10.3 Å². The molecule has 96 valence electrons. The van der Waals surface area contributed by atoms with Gasteiger partial charge in [0, 0.05) is 12.0 Å². The van der Waals surface area contributed by atoms with Crippen molar-refractivity contribution in [3.05, 3.63) is 60.0 Å². The van der Waals surface area contributed by atoms with Crippen molar-refractivity contribution < 1.29 is 22.3 Å². The van der Waals surface area contributed by atoms with Crippen LogP contribution in [-0.4, -0.2) is 6.36 Å². The van der Waals surface area contributed by atoms with Crippen LogP contribution in [0.2, 0.25) is 0 Å². The van der Waals surface area contributed by atoms with Crippen molar-refractivity contribution in [3.63, 3.8) is 0 Å². The Labute approximate surface area is 101 Å². The van der Waals surface area contributed by atoms with E-state index in [1.165, 1.54) is 36.4 Å². The zero-order valence-corrected chi connectivity index (χ0v) is 9.25. The Balaban J connectivity index is 2.47. The molecule has 0 saturated heterocycles. The smallest absolute Gasteiger partial charge is 0.276 e. The first-order chi connectivity index (χ1) is 8.43. The van der Waals surface area contributed by atoms with Crippen LogP contribution in [0.4, 0.5) is 17.6 Å². The van der Waals surface area contributed by atoms with E-state index in [9.17, 15) is 17.6 Å². The highest BCUT2D eigenvalue weighted by Gasteiger charge is 2.44. The Kier molecular flexibility index (Phi) is 3.26. The van der Waals surface area contributed by atoms with Crippen molar-refractivity contribution in [1.29, 1.82) is 0 Å². The second-order valence-electron chi connectivity index (χ2n) is 3.91. The van der Waals surface area contributed by atoms with Gasteiger partial charge < -0.3 is 0 Å². The molecule has 0 radical (unpaired) electrons. The van der Waals surface area contributed by atoms with Gasteiger partial charge in [0.05, 0.1) is 0 Å². The molecule has 0 fully saturated rings. The van der Waals surface area contributed by atoms with Crippen molar-refractivity contribution in [2.24, 2.45) is 0 Å². The van der Waals surface area contributed by atoms with Gasteiger partial charge in [-0.25, -0.2) is 4.39 Å². The molecule has 0 aromatic heterocycles. The molecule has 0 amide bonds. The summed E-state index contributed by atoms with van der Waals surface area (Å²) in [5, 5.41) is 0. The van der Waals surface area contributed by atoms with Crippen molar-refractivity contribution in [2.45, 2.75) is 18.4 Å².